The molecule has 0 radical (unpaired) electrons. The first-order valence-corrected chi connectivity index (χ1v) is 7.83. The lowest BCUT2D eigenvalue weighted by Crippen LogP contribution is -2.44. The van der Waals surface area contributed by atoms with Crippen molar-refractivity contribution in [3.63, 3.8) is 0 Å². The Morgan fingerprint density at radius 3 is 2.65 bits per heavy atom. The highest BCUT2D eigenvalue weighted by Gasteiger charge is 2.25. The van der Waals surface area contributed by atoms with Crippen LogP contribution < -0.4 is 5.32 Å². The maximum absolute atomic E-state index is 12.0. The molecule has 5 nitrogen and oxygen atoms in total. The third-order valence-corrected chi connectivity index (χ3v) is 4.30. The predicted octanol–water partition coefficient (Wildman–Crippen LogP) is 2.71. The monoisotopic (exact) mass is 310 g/mol. The van der Waals surface area contributed by atoms with Crippen LogP contribution in [0.15, 0.2) is 22.2 Å². The van der Waals surface area contributed by atoms with Gasteiger partial charge in [-0.2, -0.15) is 11.3 Å². The van der Waals surface area contributed by atoms with E-state index in [9.17, 15) is 9.59 Å². The lowest BCUT2D eigenvalue weighted by atomic mass is 10.0. The van der Waals surface area contributed by atoms with Crippen molar-refractivity contribution < 1.29 is 14.7 Å². The molecule has 0 aromatic carbocycles. The first kappa shape index (κ1) is 14.7. The zero-order chi connectivity index (χ0) is 14.7. The molecule has 0 fully saturated rings. The second-order valence-electron chi connectivity index (χ2n) is 4.58. The number of aromatic nitrogens is 1. The molecule has 106 valence electrons. The van der Waals surface area contributed by atoms with E-state index in [1.807, 2.05) is 16.8 Å². The number of nitrogens with one attached hydrogen (secondary N) is 1. The number of hydrogen-bond acceptors (Lipinski definition) is 5. The van der Waals surface area contributed by atoms with Crippen LogP contribution in [-0.4, -0.2) is 28.0 Å². The minimum Gasteiger partial charge on any atom is -0.480 e. The van der Waals surface area contributed by atoms with Crippen LogP contribution in [0.4, 0.5) is 0 Å². The van der Waals surface area contributed by atoms with E-state index in [0.717, 1.165) is 10.6 Å². The molecule has 2 rings (SSSR count). The number of thiazole rings is 1. The summed E-state index contributed by atoms with van der Waals surface area (Å²) in [6.45, 7) is 3.49. The molecule has 0 spiro atoms. The number of thiophene rings is 1. The van der Waals surface area contributed by atoms with Crippen molar-refractivity contribution in [1.82, 2.24) is 10.3 Å². The Bertz CT molecular complexity index is 605. The highest BCUT2D eigenvalue weighted by atomic mass is 32.1. The standard InChI is InChI=1S/C13H14N2O3S2/c1-7(2)10(13(17)18)15-11(16)9-6-20-12(14-9)8-3-4-19-5-8/h3-7,10H,1-2H3,(H,15,16)(H,17,18)/t10-/m0/s1. The van der Waals surface area contributed by atoms with Crippen molar-refractivity contribution in [2.24, 2.45) is 5.92 Å². The summed E-state index contributed by atoms with van der Waals surface area (Å²) in [5.74, 6) is -1.68. The van der Waals surface area contributed by atoms with Crippen LogP contribution in [0.1, 0.15) is 24.3 Å². The second-order valence-corrected chi connectivity index (χ2v) is 6.22. The smallest absolute Gasteiger partial charge is 0.326 e. The topological polar surface area (TPSA) is 79.3 Å². The normalized spacial score (nSPS) is 12.3. The maximum atomic E-state index is 12.0. The van der Waals surface area contributed by atoms with E-state index in [-0.39, 0.29) is 11.6 Å². The molecule has 0 bridgehead atoms. The molecule has 2 N–H and O–H groups in total. The van der Waals surface area contributed by atoms with E-state index in [4.69, 9.17) is 5.11 Å². The number of carbonyl (C=O) groups is 2. The highest BCUT2D eigenvalue weighted by molar-refractivity contribution is 7.14. The molecule has 2 aromatic heterocycles. The molecule has 1 atom stereocenters. The fourth-order valence-electron chi connectivity index (χ4n) is 1.63. The van der Waals surface area contributed by atoms with Crippen LogP contribution in [0.25, 0.3) is 10.6 Å². The Hall–Kier alpha value is -1.73. The number of amides is 1. The average Bonchev–Trinajstić information content (AvgIpc) is 3.04. The molecule has 0 saturated heterocycles. The van der Waals surface area contributed by atoms with E-state index in [1.54, 1.807) is 30.6 Å². The van der Waals surface area contributed by atoms with Crippen LogP contribution in [0.2, 0.25) is 0 Å². The maximum Gasteiger partial charge on any atom is 0.326 e. The third-order valence-electron chi connectivity index (χ3n) is 2.72. The van der Waals surface area contributed by atoms with Gasteiger partial charge in [0.1, 0.15) is 16.7 Å². The number of hydrogen-bond donors (Lipinski definition) is 2. The van der Waals surface area contributed by atoms with Crippen molar-refractivity contribution in [1.29, 1.82) is 0 Å². The minimum absolute atomic E-state index is 0.188. The summed E-state index contributed by atoms with van der Waals surface area (Å²) in [6, 6.07) is 1.02. The van der Waals surface area contributed by atoms with Crippen molar-refractivity contribution in [3.8, 4) is 10.6 Å². The van der Waals surface area contributed by atoms with Gasteiger partial charge >= 0.3 is 5.97 Å². The summed E-state index contributed by atoms with van der Waals surface area (Å²) in [6.07, 6.45) is 0. The Morgan fingerprint density at radius 2 is 2.10 bits per heavy atom. The second kappa shape index (κ2) is 6.15. The molecule has 0 saturated carbocycles. The summed E-state index contributed by atoms with van der Waals surface area (Å²) >= 11 is 2.93. The Balaban J connectivity index is 2.12. The van der Waals surface area contributed by atoms with Crippen LogP contribution in [-0.2, 0) is 4.79 Å². The summed E-state index contributed by atoms with van der Waals surface area (Å²) in [7, 11) is 0. The van der Waals surface area contributed by atoms with Crippen LogP contribution in [0, 0.1) is 5.92 Å². The van der Waals surface area contributed by atoms with Gasteiger partial charge in [-0.05, 0) is 17.4 Å². The fourth-order valence-corrected chi connectivity index (χ4v) is 3.14. The summed E-state index contributed by atoms with van der Waals surface area (Å²) in [5.41, 5.74) is 1.22. The highest BCUT2D eigenvalue weighted by Crippen LogP contribution is 2.25. The van der Waals surface area contributed by atoms with Gasteiger partial charge in [-0.15, -0.1) is 11.3 Å². The van der Waals surface area contributed by atoms with Crippen molar-refractivity contribution in [2.75, 3.05) is 0 Å². The zero-order valence-electron chi connectivity index (χ0n) is 11.0. The van der Waals surface area contributed by atoms with Gasteiger partial charge < -0.3 is 10.4 Å². The third kappa shape index (κ3) is 3.23. The van der Waals surface area contributed by atoms with Crippen LogP contribution in [0.5, 0.6) is 0 Å². The zero-order valence-corrected chi connectivity index (χ0v) is 12.6. The van der Waals surface area contributed by atoms with E-state index in [1.165, 1.54) is 11.3 Å². The molecule has 7 heteroatoms. The first-order chi connectivity index (χ1) is 9.49. The van der Waals surface area contributed by atoms with Crippen LogP contribution in [0.3, 0.4) is 0 Å². The Labute approximate surface area is 124 Å². The number of nitrogens with zero attached hydrogens (tertiary/aromatic N) is 1. The van der Waals surface area contributed by atoms with Gasteiger partial charge in [-0.25, -0.2) is 9.78 Å². The average molecular weight is 310 g/mol. The molecule has 0 aliphatic heterocycles. The summed E-state index contributed by atoms with van der Waals surface area (Å²) in [5, 5.41) is 17.9. The lowest BCUT2D eigenvalue weighted by Gasteiger charge is -2.16. The van der Waals surface area contributed by atoms with Gasteiger partial charge in [-0.1, -0.05) is 13.8 Å². The summed E-state index contributed by atoms with van der Waals surface area (Å²) < 4.78 is 0. The van der Waals surface area contributed by atoms with E-state index in [2.05, 4.69) is 10.3 Å². The molecule has 20 heavy (non-hydrogen) atoms. The van der Waals surface area contributed by atoms with Gasteiger partial charge in [0.15, 0.2) is 0 Å². The van der Waals surface area contributed by atoms with Gasteiger partial charge in [0, 0.05) is 16.3 Å². The molecular weight excluding hydrogens is 296 g/mol. The number of carboxylic acid groups (broad SMARTS) is 1. The van der Waals surface area contributed by atoms with Crippen molar-refractivity contribution >= 4 is 34.6 Å². The van der Waals surface area contributed by atoms with Crippen molar-refractivity contribution in [2.45, 2.75) is 19.9 Å². The predicted molar refractivity (Wildman–Crippen MR) is 79.2 cm³/mol. The van der Waals surface area contributed by atoms with E-state index < -0.39 is 17.9 Å². The molecule has 1 amide bonds. The van der Waals surface area contributed by atoms with Gasteiger partial charge in [-0.3, -0.25) is 4.79 Å². The number of aliphatic carboxylic acids is 1. The lowest BCUT2D eigenvalue weighted by molar-refractivity contribution is -0.140. The number of carbonyl (C=O) groups excluding carboxylic acids is 1. The van der Waals surface area contributed by atoms with Gasteiger partial charge in [0.2, 0.25) is 0 Å². The van der Waals surface area contributed by atoms with Gasteiger partial charge in [0.25, 0.3) is 5.91 Å². The largest absolute Gasteiger partial charge is 0.480 e. The Morgan fingerprint density at radius 1 is 1.35 bits per heavy atom. The quantitative estimate of drug-likeness (QED) is 0.890. The fraction of sp³-hybridized carbons (Fsp3) is 0.308. The molecular formula is C13H14N2O3S2. The molecule has 0 unspecified atom stereocenters. The first-order valence-electron chi connectivity index (χ1n) is 6.01. The van der Waals surface area contributed by atoms with E-state index in [0.29, 0.717) is 0 Å². The van der Waals surface area contributed by atoms with Crippen molar-refractivity contribution in [3.05, 3.63) is 27.9 Å². The molecule has 0 aliphatic rings. The molecule has 2 aromatic rings. The number of rotatable bonds is 5. The Kier molecular flexibility index (Phi) is 4.51. The van der Waals surface area contributed by atoms with E-state index >= 15 is 0 Å². The van der Waals surface area contributed by atoms with Gasteiger partial charge in [0.05, 0.1) is 0 Å². The minimum atomic E-state index is -1.04. The molecule has 0 aliphatic carbocycles. The SMILES string of the molecule is CC(C)[C@H](NC(=O)c1csc(-c2ccsc2)n1)C(=O)O. The van der Waals surface area contributed by atoms with Crippen LogP contribution >= 0.6 is 22.7 Å². The molecule has 2 heterocycles. The summed E-state index contributed by atoms with van der Waals surface area (Å²) in [4.78, 5) is 27.3. The number of carboxylic acids is 1.